The van der Waals surface area contributed by atoms with E-state index in [9.17, 15) is 5.11 Å². The zero-order chi connectivity index (χ0) is 12.1. The van der Waals surface area contributed by atoms with Crippen LogP contribution in [-0.2, 0) is 6.42 Å². The van der Waals surface area contributed by atoms with Gasteiger partial charge in [0, 0.05) is 23.3 Å². The lowest BCUT2D eigenvalue weighted by molar-refractivity contribution is 0.264. The van der Waals surface area contributed by atoms with Crippen LogP contribution in [0.2, 0.25) is 5.02 Å². The molecule has 88 valence electrons. The van der Waals surface area contributed by atoms with Crippen molar-refractivity contribution in [2.45, 2.75) is 12.3 Å². The number of aliphatic hydroxyl groups excluding tert-OH is 1. The zero-order valence-corrected chi connectivity index (χ0v) is 10.1. The van der Waals surface area contributed by atoms with E-state index in [1.54, 1.807) is 12.4 Å². The molecule has 2 aromatic rings. The van der Waals surface area contributed by atoms with Crippen molar-refractivity contribution in [2.24, 2.45) is 0 Å². The molecule has 1 heterocycles. The summed E-state index contributed by atoms with van der Waals surface area (Å²) in [4.78, 5) is 3.98. The molecule has 0 aliphatic rings. The Hall–Kier alpha value is -1.38. The monoisotopic (exact) mass is 247 g/mol. The number of pyridine rings is 1. The summed E-state index contributed by atoms with van der Waals surface area (Å²) in [5, 5.41) is 10.2. The van der Waals surface area contributed by atoms with Crippen LogP contribution in [0.3, 0.4) is 0 Å². The van der Waals surface area contributed by atoms with E-state index in [1.165, 1.54) is 5.56 Å². The van der Waals surface area contributed by atoms with Crippen molar-refractivity contribution in [2.75, 3.05) is 6.61 Å². The summed E-state index contributed by atoms with van der Waals surface area (Å²) in [6.45, 7) is 0.129. The van der Waals surface area contributed by atoms with Gasteiger partial charge in [0.1, 0.15) is 0 Å². The maximum absolute atomic E-state index is 9.46. The van der Waals surface area contributed by atoms with Crippen molar-refractivity contribution >= 4 is 11.6 Å². The Morgan fingerprint density at radius 3 is 2.29 bits per heavy atom. The fraction of sp³-hybridized carbons (Fsp3) is 0.214. The van der Waals surface area contributed by atoms with Crippen molar-refractivity contribution in [3.63, 3.8) is 0 Å². The van der Waals surface area contributed by atoms with Gasteiger partial charge in [0.15, 0.2) is 0 Å². The molecule has 1 aromatic heterocycles. The molecule has 17 heavy (non-hydrogen) atoms. The Kier molecular flexibility index (Phi) is 4.13. The molecular weight excluding hydrogens is 234 g/mol. The van der Waals surface area contributed by atoms with E-state index >= 15 is 0 Å². The molecule has 1 atom stereocenters. The molecule has 0 saturated carbocycles. The molecule has 1 aromatic carbocycles. The second-order valence-corrected chi connectivity index (χ2v) is 4.43. The molecule has 0 radical (unpaired) electrons. The summed E-state index contributed by atoms with van der Waals surface area (Å²) in [6, 6.07) is 11.6. The largest absolute Gasteiger partial charge is 0.396 e. The van der Waals surface area contributed by atoms with E-state index in [0.29, 0.717) is 5.02 Å². The van der Waals surface area contributed by atoms with E-state index in [2.05, 4.69) is 4.98 Å². The number of benzene rings is 1. The van der Waals surface area contributed by atoms with Gasteiger partial charge < -0.3 is 5.11 Å². The minimum atomic E-state index is 0.106. The van der Waals surface area contributed by atoms with Gasteiger partial charge in [-0.2, -0.15) is 0 Å². The molecule has 0 aliphatic carbocycles. The molecule has 2 rings (SSSR count). The molecular formula is C14H14ClNO. The van der Waals surface area contributed by atoms with Gasteiger partial charge >= 0.3 is 0 Å². The SMILES string of the molecule is OCC(Cc1ccncc1)c1ccc(Cl)cc1. The van der Waals surface area contributed by atoms with Gasteiger partial charge in [-0.05, 0) is 41.8 Å². The summed E-state index contributed by atoms with van der Waals surface area (Å²) < 4.78 is 0. The topological polar surface area (TPSA) is 33.1 Å². The summed E-state index contributed by atoms with van der Waals surface area (Å²) in [5.41, 5.74) is 2.28. The average Bonchev–Trinajstić information content (AvgIpc) is 2.38. The van der Waals surface area contributed by atoms with Gasteiger partial charge in [0.25, 0.3) is 0 Å². The first-order valence-electron chi connectivity index (χ1n) is 5.55. The second-order valence-electron chi connectivity index (χ2n) is 3.99. The van der Waals surface area contributed by atoms with Crippen molar-refractivity contribution < 1.29 is 5.11 Å². The van der Waals surface area contributed by atoms with E-state index in [1.807, 2.05) is 36.4 Å². The maximum atomic E-state index is 9.46. The zero-order valence-electron chi connectivity index (χ0n) is 9.38. The number of hydrogen-bond acceptors (Lipinski definition) is 2. The highest BCUT2D eigenvalue weighted by molar-refractivity contribution is 6.30. The van der Waals surface area contributed by atoms with E-state index in [4.69, 9.17) is 11.6 Å². The lowest BCUT2D eigenvalue weighted by atomic mass is 9.93. The highest BCUT2D eigenvalue weighted by atomic mass is 35.5. The lowest BCUT2D eigenvalue weighted by Crippen LogP contribution is -2.07. The van der Waals surface area contributed by atoms with E-state index in [-0.39, 0.29) is 12.5 Å². The third kappa shape index (κ3) is 3.29. The molecule has 0 bridgehead atoms. The first-order valence-corrected chi connectivity index (χ1v) is 5.92. The van der Waals surface area contributed by atoms with Crippen LogP contribution >= 0.6 is 11.6 Å². The molecule has 0 spiro atoms. The molecule has 0 amide bonds. The number of nitrogens with zero attached hydrogens (tertiary/aromatic N) is 1. The van der Waals surface area contributed by atoms with Crippen LogP contribution in [0.15, 0.2) is 48.8 Å². The summed E-state index contributed by atoms with van der Waals surface area (Å²) in [5.74, 6) is 0.106. The number of aliphatic hydroxyl groups is 1. The van der Waals surface area contributed by atoms with Gasteiger partial charge in [-0.3, -0.25) is 4.98 Å². The molecule has 3 heteroatoms. The number of rotatable bonds is 4. The fourth-order valence-electron chi connectivity index (χ4n) is 1.83. The molecule has 0 fully saturated rings. The predicted molar refractivity (Wildman–Crippen MR) is 69.2 cm³/mol. The van der Waals surface area contributed by atoms with Gasteiger partial charge in [0.2, 0.25) is 0 Å². The molecule has 0 aliphatic heterocycles. The van der Waals surface area contributed by atoms with Crippen molar-refractivity contribution in [3.05, 3.63) is 64.9 Å². The minimum Gasteiger partial charge on any atom is -0.396 e. The molecule has 1 N–H and O–H groups in total. The van der Waals surface area contributed by atoms with Gasteiger partial charge in [0.05, 0.1) is 6.61 Å². The smallest absolute Gasteiger partial charge is 0.0502 e. The van der Waals surface area contributed by atoms with E-state index in [0.717, 1.165) is 12.0 Å². The Morgan fingerprint density at radius 1 is 1.06 bits per heavy atom. The van der Waals surface area contributed by atoms with Gasteiger partial charge in [-0.25, -0.2) is 0 Å². The summed E-state index contributed by atoms with van der Waals surface area (Å²) in [6.07, 6.45) is 4.35. The fourth-order valence-corrected chi connectivity index (χ4v) is 1.95. The van der Waals surface area contributed by atoms with Crippen LogP contribution in [-0.4, -0.2) is 16.7 Å². The number of halogens is 1. The van der Waals surface area contributed by atoms with Crippen LogP contribution in [0.4, 0.5) is 0 Å². The first-order chi connectivity index (χ1) is 8.29. The van der Waals surface area contributed by atoms with Crippen LogP contribution in [0.1, 0.15) is 17.0 Å². The third-order valence-corrected chi connectivity index (χ3v) is 3.05. The Labute approximate surface area is 106 Å². The van der Waals surface area contributed by atoms with Crippen LogP contribution in [0, 0.1) is 0 Å². The van der Waals surface area contributed by atoms with Crippen molar-refractivity contribution in [1.29, 1.82) is 0 Å². The Balaban J connectivity index is 2.14. The summed E-state index contributed by atoms with van der Waals surface area (Å²) >= 11 is 5.85. The Bertz CT molecular complexity index is 455. The normalized spacial score (nSPS) is 12.4. The number of hydrogen-bond donors (Lipinski definition) is 1. The molecule has 2 nitrogen and oxygen atoms in total. The third-order valence-electron chi connectivity index (χ3n) is 2.79. The minimum absolute atomic E-state index is 0.106. The predicted octanol–water partition coefficient (Wildman–Crippen LogP) is 3.05. The van der Waals surface area contributed by atoms with Gasteiger partial charge in [-0.15, -0.1) is 0 Å². The highest BCUT2D eigenvalue weighted by Gasteiger charge is 2.11. The van der Waals surface area contributed by atoms with Gasteiger partial charge in [-0.1, -0.05) is 23.7 Å². The van der Waals surface area contributed by atoms with Crippen LogP contribution in [0.25, 0.3) is 0 Å². The first kappa shape index (κ1) is 12.1. The highest BCUT2D eigenvalue weighted by Crippen LogP contribution is 2.22. The molecule has 1 unspecified atom stereocenters. The Morgan fingerprint density at radius 2 is 1.71 bits per heavy atom. The lowest BCUT2D eigenvalue weighted by Gasteiger charge is -2.14. The van der Waals surface area contributed by atoms with Crippen LogP contribution < -0.4 is 0 Å². The van der Waals surface area contributed by atoms with E-state index < -0.39 is 0 Å². The average molecular weight is 248 g/mol. The number of aromatic nitrogens is 1. The molecule has 0 saturated heterocycles. The van der Waals surface area contributed by atoms with Crippen molar-refractivity contribution in [1.82, 2.24) is 4.98 Å². The van der Waals surface area contributed by atoms with Crippen molar-refractivity contribution in [3.8, 4) is 0 Å². The maximum Gasteiger partial charge on any atom is 0.0502 e. The quantitative estimate of drug-likeness (QED) is 0.901. The second kappa shape index (κ2) is 5.80. The summed E-state index contributed by atoms with van der Waals surface area (Å²) in [7, 11) is 0. The standard InChI is InChI=1S/C14H14ClNO/c15-14-3-1-12(2-4-14)13(10-17)9-11-5-7-16-8-6-11/h1-8,13,17H,9-10H2. The van der Waals surface area contributed by atoms with Crippen LogP contribution in [0.5, 0.6) is 0 Å².